The molecule has 1 unspecified atom stereocenters. The lowest BCUT2D eigenvalue weighted by Gasteiger charge is -2.48. The van der Waals surface area contributed by atoms with Crippen LogP contribution in [-0.4, -0.2) is 62.4 Å². The van der Waals surface area contributed by atoms with Crippen molar-refractivity contribution in [3.63, 3.8) is 0 Å². The molecule has 20 heavy (non-hydrogen) atoms. The number of quaternary nitrogens is 1. The Morgan fingerprint density at radius 3 is 2.55 bits per heavy atom. The van der Waals surface area contributed by atoms with Crippen LogP contribution in [0.25, 0.3) is 0 Å². The van der Waals surface area contributed by atoms with Gasteiger partial charge in [-0.1, -0.05) is 0 Å². The first-order chi connectivity index (χ1) is 9.20. The Balaban J connectivity index is 2.37. The molecule has 1 heterocycles. The molecule has 1 aliphatic rings. The third-order valence-corrected chi connectivity index (χ3v) is 6.11. The molecule has 0 aromatic rings. The molecule has 0 bridgehead atoms. The molecule has 1 N–H and O–H groups in total. The fourth-order valence-electron chi connectivity index (χ4n) is 3.37. The van der Waals surface area contributed by atoms with Gasteiger partial charge in [0.05, 0.1) is 20.1 Å². The van der Waals surface area contributed by atoms with Crippen molar-refractivity contribution in [2.45, 2.75) is 64.6 Å². The van der Waals surface area contributed by atoms with Crippen LogP contribution in [0, 0.1) is 5.92 Å². The van der Waals surface area contributed by atoms with Gasteiger partial charge in [0, 0.05) is 20.4 Å². The Kier molecular flexibility index (Phi) is 6.49. The molecule has 1 fully saturated rings. The first-order valence-corrected chi connectivity index (χ1v) is 8.42. The second-order valence-electron chi connectivity index (χ2n) is 7.90. The summed E-state index contributed by atoms with van der Waals surface area (Å²) in [6.45, 7) is 9.63. The lowest BCUT2D eigenvalue weighted by atomic mass is 9.91. The van der Waals surface area contributed by atoms with Crippen LogP contribution in [0.4, 0.5) is 0 Å². The summed E-state index contributed by atoms with van der Waals surface area (Å²) in [4.78, 5) is 2.50. The minimum absolute atomic E-state index is 0.129. The Hall–Kier alpha value is -0.120. The van der Waals surface area contributed by atoms with Crippen molar-refractivity contribution >= 4 is 0 Å². The van der Waals surface area contributed by atoms with E-state index in [-0.39, 0.29) is 5.66 Å². The second kappa shape index (κ2) is 7.24. The fourth-order valence-corrected chi connectivity index (χ4v) is 3.37. The maximum absolute atomic E-state index is 3.47. The molecule has 3 heteroatoms. The average Bonchev–Trinajstić information content (AvgIpc) is 2.38. The van der Waals surface area contributed by atoms with E-state index in [0.717, 1.165) is 10.4 Å². The number of rotatable bonds is 7. The molecule has 0 amide bonds. The molecule has 0 aromatic carbocycles. The lowest BCUT2D eigenvalue weighted by molar-refractivity contribution is -0.962. The van der Waals surface area contributed by atoms with E-state index in [4.69, 9.17) is 0 Å². The average molecular weight is 285 g/mol. The smallest absolute Gasteiger partial charge is 0.146 e. The number of likely N-dealkylation sites (tertiary alicyclic amines) is 1. The molecule has 3 nitrogen and oxygen atoms in total. The zero-order valence-electron chi connectivity index (χ0n) is 15.0. The summed E-state index contributed by atoms with van der Waals surface area (Å²) in [6, 6.07) is 0.693. The predicted molar refractivity (Wildman–Crippen MR) is 88.8 cm³/mol. The molecular formula is C17H38N3+. The molecule has 1 aliphatic heterocycles. The van der Waals surface area contributed by atoms with Gasteiger partial charge in [-0.05, 0) is 65.6 Å². The summed E-state index contributed by atoms with van der Waals surface area (Å²) < 4.78 is 1.04. The summed E-state index contributed by atoms with van der Waals surface area (Å²) in [6.07, 6.45) is 6.96. The largest absolute Gasteiger partial charge is 0.309 e. The van der Waals surface area contributed by atoms with Crippen LogP contribution in [0.3, 0.4) is 0 Å². The molecule has 0 saturated carbocycles. The Labute approximate surface area is 127 Å². The highest BCUT2D eigenvalue weighted by Crippen LogP contribution is 2.26. The summed E-state index contributed by atoms with van der Waals surface area (Å²) in [5, 5.41) is 3.47. The second-order valence-corrected chi connectivity index (χ2v) is 7.90. The zero-order chi connectivity index (χ0) is 15.4. The van der Waals surface area contributed by atoms with E-state index in [1.807, 2.05) is 0 Å². The van der Waals surface area contributed by atoms with Crippen LogP contribution in [0.1, 0.15) is 52.9 Å². The van der Waals surface area contributed by atoms with Crippen molar-refractivity contribution in [1.29, 1.82) is 0 Å². The maximum Gasteiger partial charge on any atom is 0.146 e. The van der Waals surface area contributed by atoms with E-state index in [2.05, 4.69) is 59.2 Å². The SMILES string of the molecule is CNC(C)(C)[N+](C)(C)[C@H](C)CCCC1CCCN(C)C1. The summed E-state index contributed by atoms with van der Waals surface area (Å²) in [5.74, 6) is 0.939. The van der Waals surface area contributed by atoms with Gasteiger partial charge in [-0.2, -0.15) is 0 Å². The third-order valence-electron chi connectivity index (χ3n) is 6.11. The molecular weight excluding hydrogens is 246 g/mol. The van der Waals surface area contributed by atoms with Gasteiger partial charge < -0.3 is 9.38 Å². The van der Waals surface area contributed by atoms with E-state index in [1.54, 1.807) is 0 Å². The quantitative estimate of drug-likeness (QED) is 0.571. The number of piperidine rings is 1. The third kappa shape index (κ3) is 4.44. The van der Waals surface area contributed by atoms with Gasteiger partial charge in [0.1, 0.15) is 5.66 Å². The van der Waals surface area contributed by atoms with Crippen LogP contribution < -0.4 is 5.32 Å². The number of hydrogen-bond donors (Lipinski definition) is 1. The summed E-state index contributed by atoms with van der Waals surface area (Å²) in [7, 11) is 9.06. The predicted octanol–water partition coefficient (Wildman–Crippen LogP) is 2.92. The fraction of sp³-hybridized carbons (Fsp3) is 1.00. The van der Waals surface area contributed by atoms with Gasteiger partial charge in [-0.15, -0.1) is 0 Å². The Morgan fingerprint density at radius 1 is 1.35 bits per heavy atom. The first kappa shape index (κ1) is 17.9. The molecule has 0 spiro atoms. The van der Waals surface area contributed by atoms with E-state index in [0.29, 0.717) is 6.04 Å². The maximum atomic E-state index is 3.47. The van der Waals surface area contributed by atoms with E-state index in [1.165, 1.54) is 45.2 Å². The van der Waals surface area contributed by atoms with Crippen molar-refractivity contribution in [2.24, 2.45) is 5.92 Å². The van der Waals surface area contributed by atoms with Crippen molar-refractivity contribution in [2.75, 3.05) is 41.3 Å². The van der Waals surface area contributed by atoms with Gasteiger partial charge in [0.2, 0.25) is 0 Å². The molecule has 0 aromatic heterocycles. The van der Waals surface area contributed by atoms with Gasteiger partial charge in [-0.25, -0.2) is 0 Å². The van der Waals surface area contributed by atoms with Crippen molar-refractivity contribution < 1.29 is 4.48 Å². The van der Waals surface area contributed by atoms with Crippen LogP contribution >= 0.6 is 0 Å². The van der Waals surface area contributed by atoms with E-state index < -0.39 is 0 Å². The number of nitrogens with zero attached hydrogens (tertiary/aromatic N) is 2. The van der Waals surface area contributed by atoms with E-state index >= 15 is 0 Å². The normalized spacial score (nSPS) is 23.9. The van der Waals surface area contributed by atoms with Gasteiger partial charge >= 0.3 is 0 Å². The lowest BCUT2D eigenvalue weighted by Crippen LogP contribution is -2.66. The molecule has 0 radical (unpaired) electrons. The minimum atomic E-state index is 0.129. The van der Waals surface area contributed by atoms with Gasteiger partial charge in [0.15, 0.2) is 0 Å². The standard InChI is InChI=1S/C17H38N3/c1-15(20(6,7)17(2,3)18-4)10-8-11-16-12-9-13-19(5)14-16/h15-16,18H,8-14H2,1-7H3/q+1/t15-,16?/m1/s1. The molecule has 0 aliphatic carbocycles. The molecule has 120 valence electrons. The molecule has 1 rings (SSSR count). The summed E-state index contributed by atoms with van der Waals surface area (Å²) in [5.41, 5.74) is 0.129. The monoisotopic (exact) mass is 284 g/mol. The van der Waals surface area contributed by atoms with E-state index in [9.17, 15) is 0 Å². The molecule has 2 atom stereocenters. The number of nitrogens with one attached hydrogen (secondary N) is 1. The zero-order valence-corrected chi connectivity index (χ0v) is 15.0. The van der Waals surface area contributed by atoms with Gasteiger partial charge in [-0.3, -0.25) is 5.32 Å². The minimum Gasteiger partial charge on any atom is -0.309 e. The van der Waals surface area contributed by atoms with Crippen LogP contribution in [0.2, 0.25) is 0 Å². The highest BCUT2D eigenvalue weighted by molar-refractivity contribution is 4.72. The van der Waals surface area contributed by atoms with Crippen LogP contribution in [0.15, 0.2) is 0 Å². The highest BCUT2D eigenvalue weighted by atomic mass is 15.5. The highest BCUT2D eigenvalue weighted by Gasteiger charge is 2.39. The molecule has 1 saturated heterocycles. The van der Waals surface area contributed by atoms with Gasteiger partial charge in [0.25, 0.3) is 0 Å². The van der Waals surface area contributed by atoms with Crippen LogP contribution in [-0.2, 0) is 0 Å². The Bertz CT molecular complexity index is 286. The topological polar surface area (TPSA) is 15.3 Å². The first-order valence-electron chi connectivity index (χ1n) is 8.42. The number of hydrogen-bond acceptors (Lipinski definition) is 2. The van der Waals surface area contributed by atoms with Crippen molar-refractivity contribution in [3.8, 4) is 0 Å². The summed E-state index contributed by atoms with van der Waals surface area (Å²) >= 11 is 0. The van der Waals surface area contributed by atoms with Crippen molar-refractivity contribution in [3.05, 3.63) is 0 Å². The van der Waals surface area contributed by atoms with Crippen molar-refractivity contribution in [1.82, 2.24) is 10.2 Å². The Morgan fingerprint density at radius 2 is 2.00 bits per heavy atom. The van der Waals surface area contributed by atoms with Crippen LogP contribution in [0.5, 0.6) is 0 Å².